The third-order valence-electron chi connectivity index (χ3n) is 5.97. The van der Waals surface area contributed by atoms with Gasteiger partial charge in [-0.2, -0.15) is 0 Å². The van der Waals surface area contributed by atoms with Gasteiger partial charge >= 0.3 is 0 Å². The number of aromatic nitrogens is 2. The molecule has 5 rings (SSSR count). The van der Waals surface area contributed by atoms with Crippen LogP contribution in [-0.2, 0) is 11.8 Å². The van der Waals surface area contributed by atoms with Gasteiger partial charge in [0.05, 0.1) is 18.5 Å². The molecule has 1 aromatic heterocycles. The van der Waals surface area contributed by atoms with Crippen LogP contribution in [0.2, 0.25) is 0 Å². The lowest BCUT2D eigenvalue weighted by molar-refractivity contribution is -0.121. The fourth-order valence-electron chi connectivity index (χ4n) is 4.22. The van der Waals surface area contributed by atoms with Gasteiger partial charge in [-0.05, 0) is 42.0 Å². The van der Waals surface area contributed by atoms with Crippen LogP contribution in [0, 0.1) is 0 Å². The summed E-state index contributed by atoms with van der Waals surface area (Å²) < 4.78 is 7.23. The Morgan fingerprint density at radius 1 is 1.00 bits per heavy atom. The number of hydrogen-bond donors (Lipinski definition) is 1. The Bertz CT molecular complexity index is 1260. The molecular formula is C27H26N4O2S. The zero-order valence-corrected chi connectivity index (χ0v) is 20.0. The summed E-state index contributed by atoms with van der Waals surface area (Å²) in [7, 11) is 3.58. The maximum Gasteiger partial charge on any atom is 0.222 e. The summed E-state index contributed by atoms with van der Waals surface area (Å²) in [6, 6.07) is 24.1. The van der Waals surface area contributed by atoms with Crippen molar-refractivity contribution >= 4 is 29.0 Å². The van der Waals surface area contributed by atoms with Gasteiger partial charge in [0, 0.05) is 42.2 Å². The van der Waals surface area contributed by atoms with E-state index < -0.39 is 0 Å². The van der Waals surface area contributed by atoms with Gasteiger partial charge in [-0.25, -0.2) is 4.98 Å². The summed E-state index contributed by atoms with van der Waals surface area (Å²) in [6.07, 6.45) is 3.99. The predicted molar refractivity (Wildman–Crippen MR) is 135 cm³/mol. The highest BCUT2D eigenvalue weighted by molar-refractivity contribution is 7.99. The molecule has 34 heavy (non-hydrogen) atoms. The predicted octanol–water partition coefficient (Wildman–Crippen LogP) is 5.33. The van der Waals surface area contributed by atoms with Crippen LogP contribution in [0.1, 0.15) is 23.9 Å². The Balaban J connectivity index is 1.36. The molecule has 0 spiro atoms. The quantitative estimate of drug-likeness (QED) is 0.396. The van der Waals surface area contributed by atoms with Crippen LogP contribution in [0.5, 0.6) is 5.75 Å². The third kappa shape index (κ3) is 4.39. The van der Waals surface area contributed by atoms with Gasteiger partial charge in [-0.15, -0.1) is 0 Å². The number of rotatable bonds is 7. The van der Waals surface area contributed by atoms with Crippen molar-refractivity contribution in [1.82, 2.24) is 14.9 Å². The second-order valence-electron chi connectivity index (χ2n) is 8.11. The number of benzene rings is 3. The lowest BCUT2D eigenvalue weighted by atomic mass is 10.1. The summed E-state index contributed by atoms with van der Waals surface area (Å²) >= 11 is 1.77. The molecule has 0 aliphatic carbocycles. The highest BCUT2D eigenvalue weighted by Crippen LogP contribution is 2.47. The van der Waals surface area contributed by atoms with Crippen LogP contribution in [0.15, 0.2) is 95.0 Å². The van der Waals surface area contributed by atoms with Gasteiger partial charge in [-0.3, -0.25) is 4.79 Å². The number of aryl methyl sites for hydroxylation is 1. The Morgan fingerprint density at radius 3 is 2.24 bits per heavy atom. The number of carbonyl (C=O) groups excluding carboxylic acids is 1. The molecule has 4 aromatic rings. The van der Waals surface area contributed by atoms with E-state index in [1.807, 2.05) is 54.2 Å². The average Bonchev–Trinajstić information content (AvgIpc) is 3.30. The topological polar surface area (TPSA) is 59.4 Å². The largest absolute Gasteiger partial charge is 0.497 e. The summed E-state index contributed by atoms with van der Waals surface area (Å²) in [4.78, 5) is 22.4. The average molecular weight is 471 g/mol. The number of imidazole rings is 1. The van der Waals surface area contributed by atoms with E-state index in [-0.39, 0.29) is 11.9 Å². The molecular weight excluding hydrogens is 444 g/mol. The molecule has 7 heteroatoms. The molecule has 0 radical (unpaired) electrons. The zero-order chi connectivity index (χ0) is 23.5. The lowest BCUT2D eigenvalue weighted by Gasteiger charge is -2.32. The van der Waals surface area contributed by atoms with Crippen LogP contribution in [0.3, 0.4) is 0 Å². The Morgan fingerprint density at radius 2 is 1.65 bits per heavy atom. The first-order valence-corrected chi connectivity index (χ1v) is 12.0. The van der Waals surface area contributed by atoms with Crippen molar-refractivity contribution < 1.29 is 9.53 Å². The molecule has 3 aromatic carbocycles. The van der Waals surface area contributed by atoms with Gasteiger partial charge in [0.25, 0.3) is 0 Å². The van der Waals surface area contributed by atoms with Crippen molar-refractivity contribution in [2.24, 2.45) is 7.05 Å². The normalized spacial score (nSPS) is 13.1. The van der Waals surface area contributed by atoms with Gasteiger partial charge in [0.2, 0.25) is 5.91 Å². The third-order valence-corrected chi connectivity index (χ3v) is 7.10. The maximum absolute atomic E-state index is 13.2. The number of hydrogen-bond acceptors (Lipinski definition) is 5. The van der Waals surface area contributed by atoms with Gasteiger partial charge in [0.15, 0.2) is 0 Å². The smallest absolute Gasteiger partial charge is 0.222 e. The van der Waals surface area contributed by atoms with E-state index in [1.165, 1.54) is 9.79 Å². The van der Waals surface area contributed by atoms with Crippen LogP contribution in [0.4, 0.5) is 11.4 Å². The van der Waals surface area contributed by atoms with Crippen LogP contribution < -0.4 is 15.0 Å². The van der Waals surface area contributed by atoms with Crippen molar-refractivity contribution in [2.75, 3.05) is 18.6 Å². The lowest BCUT2D eigenvalue weighted by Crippen LogP contribution is -2.34. The Hall–Kier alpha value is -3.71. The minimum Gasteiger partial charge on any atom is -0.497 e. The van der Waals surface area contributed by atoms with E-state index in [0.29, 0.717) is 13.0 Å². The van der Waals surface area contributed by atoms with Crippen molar-refractivity contribution in [3.63, 3.8) is 0 Å². The molecule has 6 nitrogen and oxygen atoms in total. The molecule has 0 saturated carbocycles. The van der Waals surface area contributed by atoms with E-state index in [2.05, 4.69) is 51.6 Å². The minimum absolute atomic E-state index is 0.0305. The highest BCUT2D eigenvalue weighted by atomic mass is 32.2. The van der Waals surface area contributed by atoms with Gasteiger partial charge < -0.3 is 19.5 Å². The van der Waals surface area contributed by atoms with Crippen molar-refractivity contribution in [2.45, 2.75) is 22.3 Å². The number of para-hydroxylation sites is 2. The fraction of sp³-hybridized carbons (Fsp3) is 0.185. The van der Waals surface area contributed by atoms with Crippen molar-refractivity contribution in [3.8, 4) is 5.75 Å². The van der Waals surface area contributed by atoms with Crippen LogP contribution in [0.25, 0.3) is 0 Å². The molecule has 0 fully saturated rings. The molecule has 2 heterocycles. The molecule has 1 aliphatic heterocycles. The molecule has 0 bridgehead atoms. The van der Waals surface area contributed by atoms with E-state index in [4.69, 9.17) is 4.74 Å². The zero-order valence-electron chi connectivity index (χ0n) is 19.1. The SMILES string of the molecule is COc1ccc(C(NC(=O)CCN2c3ccccc3Sc3ccccc32)c2nccn2C)cc1. The van der Waals surface area contributed by atoms with Crippen LogP contribution >= 0.6 is 11.8 Å². The summed E-state index contributed by atoms with van der Waals surface area (Å²) in [5.74, 6) is 1.52. The van der Waals surface area contributed by atoms with Crippen LogP contribution in [-0.4, -0.2) is 29.1 Å². The molecule has 172 valence electrons. The number of nitrogens with one attached hydrogen (secondary N) is 1. The minimum atomic E-state index is -0.352. The summed E-state index contributed by atoms with van der Waals surface area (Å²) in [6.45, 7) is 0.580. The Labute approximate surface area is 203 Å². The van der Waals surface area contributed by atoms with Gasteiger partial charge in [0.1, 0.15) is 17.6 Å². The first kappa shape index (κ1) is 22.1. The number of fused-ring (bicyclic) bond motifs is 2. The first-order chi connectivity index (χ1) is 16.6. The molecule has 0 saturated heterocycles. The fourth-order valence-corrected chi connectivity index (χ4v) is 5.31. The number of amides is 1. The summed E-state index contributed by atoms with van der Waals surface area (Å²) in [5.41, 5.74) is 3.22. The van der Waals surface area contributed by atoms with Crippen molar-refractivity contribution in [1.29, 1.82) is 0 Å². The number of nitrogens with zero attached hydrogens (tertiary/aromatic N) is 3. The van der Waals surface area contributed by atoms with E-state index in [0.717, 1.165) is 28.5 Å². The summed E-state index contributed by atoms with van der Waals surface area (Å²) in [5, 5.41) is 3.21. The molecule has 1 amide bonds. The first-order valence-electron chi connectivity index (χ1n) is 11.2. The number of anilines is 2. The Kier molecular flexibility index (Phi) is 6.27. The van der Waals surface area contributed by atoms with E-state index in [1.54, 1.807) is 25.1 Å². The second kappa shape index (κ2) is 9.65. The molecule has 1 atom stereocenters. The van der Waals surface area contributed by atoms with E-state index in [9.17, 15) is 4.79 Å². The number of methoxy groups -OCH3 is 1. The monoisotopic (exact) mass is 470 g/mol. The molecule has 1 unspecified atom stereocenters. The van der Waals surface area contributed by atoms with Crippen molar-refractivity contribution in [3.05, 3.63) is 96.6 Å². The molecule has 1 aliphatic rings. The number of ether oxygens (including phenoxy) is 1. The highest BCUT2D eigenvalue weighted by Gasteiger charge is 2.25. The maximum atomic E-state index is 13.2. The second-order valence-corrected chi connectivity index (χ2v) is 9.19. The van der Waals surface area contributed by atoms with Gasteiger partial charge in [-0.1, -0.05) is 48.2 Å². The molecule has 1 N–H and O–H groups in total. The standard InChI is InChI=1S/C27H26N4O2S/c1-30-18-16-28-27(30)26(19-11-13-20(33-2)14-12-19)29-25(32)15-17-31-21-7-3-5-9-23(21)34-24-10-6-4-8-22(24)31/h3-14,16,18,26H,15,17H2,1-2H3,(H,29,32). The van der Waals surface area contributed by atoms with E-state index >= 15 is 0 Å². The number of carbonyl (C=O) groups is 1.